The first-order valence-corrected chi connectivity index (χ1v) is 9.00. The number of imidazole rings is 1. The molecule has 3 aromatic rings. The first-order chi connectivity index (χ1) is 12.9. The van der Waals surface area contributed by atoms with Crippen molar-refractivity contribution in [2.75, 3.05) is 20.6 Å². The van der Waals surface area contributed by atoms with Crippen molar-refractivity contribution >= 4 is 17.0 Å². The molecule has 0 saturated carbocycles. The first-order valence-electron chi connectivity index (χ1n) is 9.00. The molecule has 0 amide bonds. The van der Waals surface area contributed by atoms with Crippen LogP contribution in [0.25, 0.3) is 11.0 Å². The summed E-state index contributed by atoms with van der Waals surface area (Å²) in [5.74, 6) is 0.641. The highest BCUT2D eigenvalue weighted by Crippen LogP contribution is 2.21. The molecule has 6 nitrogen and oxygen atoms in total. The molecule has 0 atom stereocenters. The zero-order valence-corrected chi connectivity index (χ0v) is 16.0. The Balaban J connectivity index is 1.87. The van der Waals surface area contributed by atoms with Gasteiger partial charge in [0.2, 0.25) is 0 Å². The molecule has 0 fully saturated rings. The van der Waals surface area contributed by atoms with Crippen LogP contribution in [-0.4, -0.2) is 46.2 Å². The number of hydrogen-bond acceptors (Lipinski definition) is 4. The van der Waals surface area contributed by atoms with Crippen LogP contribution in [-0.2, 0) is 13.2 Å². The third-order valence-electron chi connectivity index (χ3n) is 4.45. The zero-order valence-electron chi connectivity index (χ0n) is 16.0. The fraction of sp³-hybridized carbons (Fsp3) is 0.333. The minimum Gasteiger partial charge on any atom is -0.486 e. The van der Waals surface area contributed by atoms with Crippen LogP contribution in [0.2, 0.25) is 0 Å². The molecule has 0 aliphatic carbocycles. The number of ether oxygens (including phenoxy) is 1. The number of carboxylic acid groups (broad SMARTS) is 1. The van der Waals surface area contributed by atoms with Crippen LogP contribution in [0.3, 0.4) is 0 Å². The lowest BCUT2D eigenvalue weighted by Gasteiger charge is -2.13. The van der Waals surface area contributed by atoms with Crippen LogP contribution in [0.1, 0.15) is 28.2 Å². The first kappa shape index (κ1) is 18.9. The van der Waals surface area contributed by atoms with E-state index in [0.29, 0.717) is 12.1 Å². The van der Waals surface area contributed by atoms with E-state index in [1.807, 2.05) is 51.4 Å². The van der Waals surface area contributed by atoms with E-state index >= 15 is 0 Å². The van der Waals surface area contributed by atoms with E-state index in [1.54, 1.807) is 12.1 Å². The molecule has 0 bridgehead atoms. The second kappa shape index (κ2) is 8.22. The molecular formula is C21H25N3O3. The van der Waals surface area contributed by atoms with Gasteiger partial charge in [-0.2, -0.15) is 0 Å². The summed E-state index contributed by atoms with van der Waals surface area (Å²) in [6.07, 6.45) is 0.969. The van der Waals surface area contributed by atoms with E-state index in [4.69, 9.17) is 4.74 Å². The van der Waals surface area contributed by atoms with Gasteiger partial charge in [-0.15, -0.1) is 0 Å². The number of aromatic nitrogens is 2. The Bertz CT molecular complexity index is 930. The van der Waals surface area contributed by atoms with Gasteiger partial charge in [0, 0.05) is 6.54 Å². The van der Waals surface area contributed by atoms with E-state index in [-0.39, 0.29) is 5.56 Å². The summed E-state index contributed by atoms with van der Waals surface area (Å²) in [6.45, 7) is 4.13. The molecule has 142 valence electrons. The number of benzene rings is 2. The van der Waals surface area contributed by atoms with E-state index < -0.39 is 5.97 Å². The molecule has 27 heavy (non-hydrogen) atoms. The minimum atomic E-state index is -0.948. The number of rotatable bonds is 8. The van der Waals surface area contributed by atoms with Crippen molar-refractivity contribution < 1.29 is 14.6 Å². The predicted molar refractivity (Wildman–Crippen MR) is 105 cm³/mol. The predicted octanol–water partition coefficient (Wildman–Crippen LogP) is 3.57. The van der Waals surface area contributed by atoms with Gasteiger partial charge in [0.15, 0.2) is 0 Å². The normalized spacial score (nSPS) is 11.3. The van der Waals surface area contributed by atoms with Crippen LogP contribution in [0.5, 0.6) is 5.75 Å². The van der Waals surface area contributed by atoms with Crippen LogP contribution < -0.4 is 4.74 Å². The summed E-state index contributed by atoms with van der Waals surface area (Å²) in [5, 5.41) is 9.23. The molecule has 0 aliphatic rings. The monoisotopic (exact) mass is 367 g/mol. The third-order valence-corrected chi connectivity index (χ3v) is 4.45. The largest absolute Gasteiger partial charge is 0.486 e. The lowest BCUT2D eigenvalue weighted by molar-refractivity contribution is 0.0697. The van der Waals surface area contributed by atoms with E-state index in [9.17, 15) is 9.90 Å². The molecule has 0 spiro atoms. The quantitative estimate of drug-likeness (QED) is 0.659. The van der Waals surface area contributed by atoms with Crippen molar-refractivity contribution in [2.24, 2.45) is 0 Å². The van der Waals surface area contributed by atoms with Crippen LogP contribution >= 0.6 is 0 Å². The number of aromatic carboxylic acids is 1. The summed E-state index contributed by atoms with van der Waals surface area (Å²) >= 11 is 0. The summed E-state index contributed by atoms with van der Waals surface area (Å²) in [6, 6.07) is 13.0. The van der Waals surface area contributed by atoms with Crippen LogP contribution in [0.15, 0.2) is 42.5 Å². The fourth-order valence-corrected chi connectivity index (χ4v) is 3.00. The van der Waals surface area contributed by atoms with Crippen molar-refractivity contribution in [1.82, 2.24) is 14.5 Å². The Labute approximate surface area is 159 Å². The van der Waals surface area contributed by atoms with Crippen LogP contribution in [0, 0.1) is 6.92 Å². The third kappa shape index (κ3) is 4.65. The Kier molecular flexibility index (Phi) is 5.76. The summed E-state index contributed by atoms with van der Waals surface area (Å²) < 4.78 is 8.04. The molecule has 2 aromatic carbocycles. The average molecular weight is 367 g/mol. The van der Waals surface area contributed by atoms with E-state index in [2.05, 4.69) is 14.5 Å². The Morgan fingerprint density at radius 3 is 2.59 bits per heavy atom. The lowest BCUT2D eigenvalue weighted by Crippen LogP contribution is -2.16. The molecule has 0 radical (unpaired) electrons. The standard InChI is InChI=1S/C21H25N3O3/c1-15-5-8-17(9-6-15)27-14-20-22-18-13-16(21(25)26)7-10-19(18)24(20)12-4-11-23(2)3/h5-10,13H,4,11-12,14H2,1-3H3,(H,25,26). The number of carboxylic acids is 1. The molecule has 6 heteroatoms. The van der Waals surface area contributed by atoms with Gasteiger partial charge in [0.1, 0.15) is 18.2 Å². The second-order valence-electron chi connectivity index (χ2n) is 6.95. The molecule has 1 aromatic heterocycles. The molecule has 1 N–H and O–H groups in total. The molecule has 3 rings (SSSR count). The van der Waals surface area contributed by atoms with Gasteiger partial charge in [0.05, 0.1) is 16.6 Å². The number of nitrogens with zero attached hydrogens (tertiary/aromatic N) is 3. The highest BCUT2D eigenvalue weighted by Gasteiger charge is 2.14. The van der Waals surface area contributed by atoms with E-state index in [1.165, 1.54) is 5.56 Å². The molecule has 0 saturated heterocycles. The summed E-state index contributed by atoms with van der Waals surface area (Å²) in [4.78, 5) is 18.0. The maximum Gasteiger partial charge on any atom is 0.335 e. The second-order valence-corrected chi connectivity index (χ2v) is 6.95. The number of aryl methyl sites for hydroxylation is 2. The highest BCUT2D eigenvalue weighted by atomic mass is 16.5. The maximum atomic E-state index is 11.3. The molecular weight excluding hydrogens is 342 g/mol. The highest BCUT2D eigenvalue weighted by molar-refractivity contribution is 5.92. The fourth-order valence-electron chi connectivity index (χ4n) is 3.00. The van der Waals surface area contributed by atoms with Gasteiger partial charge in [-0.1, -0.05) is 17.7 Å². The van der Waals surface area contributed by atoms with Gasteiger partial charge in [0.25, 0.3) is 0 Å². The van der Waals surface area contributed by atoms with Crippen molar-refractivity contribution in [2.45, 2.75) is 26.5 Å². The van der Waals surface area contributed by atoms with Gasteiger partial charge >= 0.3 is 5.97 Å². The van der Waals surface area contributed by atoms with Crippen molar-refractivity contribution in [3.63, 3.8) is 0 Å². The number of hydrogen-bond donors (Lipinski definition) is 1. The smallest absolute Gasteiger partial charge is 0.335 e. The van der Waals surface area contributed by atoms with Gasteiger partial charge in [-0.3, -0.25) is 0 Å². The maximum absolute atomic E-state index is 11.3. The minimum absolute atomic E-state index is 0.242. The van der Waals surface area contributed by atoms with Crippen molar-refractivity contribution in [3.05, 3.63) is 59.4 Å². The van der Waals surface area contributed by atoms with Gasteiger partial charge < -0.3 is 19.3 Å². The van der Waals surface area contributed by atoms with Crippen molar-refractivity contribution in [1.29, 1.82) is 0 Å². The van der Waals surface area contributed by atoms with Gasteiger partial charge in [-0.05, 0) is 64.3 Å². The Morgan fingerprint density at radius 1 is 1.19 bits per heavy atom. The van der Waals surface area contributed by atoms with Crippen molar-refractivity contribution in [3.8, 4) is 5.75 Å². The number of fused-ring (bicyclic) bond motifs is 1. The molecule has 1 heterocycles. The molecule has 0 aliphatic heterocycles. The SMILES string of the molecule is Cc1ccc(OCc2nc3cc(C(=O)O)ccc3n2CCCN(C)C)cc1. The average Bonchev–Trinajstić information content (AvgIpc) is 2.98. The molecule has 0 unspecified atom stereocenters. The number of carbonyl (C=O) groups is 1. The Hall–Kier alpha value is -2.86. The topological polar surface area (TPSA) is 67.6 Å². The Morgan fingerprint density at radius 2 is 1.93 bits per heavy atom. The lowest BCUT2D eigenvalue weighted by atomic mass is 10.2. The summed E-state index contributed by atoms with van der Waals surface area (Å²) in [7, 11) is 4.10. The summed E-state index contributed by atoms with van der Waals surface area (Å²) in [5.41, 5.74) is 3.04. The zero-order chi connectivity index (χ0) is 19.4. The van der Waals surface area contributed by atoms with Crippen LogP contribution in [0.4, 0.5) is 0 Å². The van der Waals surface area contributed by atoms with E-state index in [0.717, 1.165) is 36.6 Å². The van der Waals surface area contributed by atoms with Gasteiger partial charge in [-0.25, -0.2) is 9.78 Å².